The maximum absolute atomic E-state index is 11.9. The Kier molecular flexibility index (Phi) is 6.43. The highest BCUT2D eigenvalue weighted by Gasteiger charge is 2.20. The zero-order valence-electron chi connectivity index (χ0n) is 10.2. The van der Waals surface area contributed by atoms with Gasteiger partial charge in [-0.05, 0) is 59.2 Å². The van der Waals surface area contributed by atoms with Crippen molar-refractivity contribution in [3.05, 3.63) is 27.3 Å². The second kappa shape index (κ2) is 7.59. The largest absolute Gasteiger partial charge is 0.507 e. The molecule has 1 aromatic carbocycles. The van der Waals surface area contributed by atoms with Crippen molar-refractivity contribution in [1.29, 1.82) is 0 Å². The van der Waals surface area contributed by atoms with Gasteiger partial charge in [0.2, 0.25) is 0 Å². The first-order chi connectivity index (χ1) is 8.95. The Balaban J connectivity index is 2.75. The van der Waals surface area contributed by atoms with Gasteiger partial charge >= 0.3 is 5.97 Å². The summed E-state index contributed by atoms with van der Waals surface area (Å²) in [5.41, 5.74) is 0.244. The fourth-order valence-corrected chi connectivity index (χ4v) is 2.20. The van der Waals surface area contributed by atoms with Gasteiger partial charge in [0.25, 0.3) is 5.91 Å². The lowest BCUT2D eigenvalue weighted by molar-refractivity contribution is -0.139. The molecule has 0 spiro atoms. The lowest BCUT2D eigenvalue weighted by Gasteiger charge is -2.14. The Morgan fingerprint density at radius 2 is 2.16 bits per heavy atom. The molecular weight excluding hydrogens is 381 g/mol. The number of rotatable bonds is 6. The van der Waals surface area contributed by atoms with E-state index in [1.807, 2.05) is 28.8 Å². The highest BCUT2D eigenvalue weighted by atomic mass is 127. The summed E-state index contributed by atoms with van der Waals surface area (Å²) in [7, 11) is 0. The molecule has 0 bridgehead atoms. The number of carbonyl (C=O) groups excluding carboxylic acids is 1. The van der Waals surface area contributed by atoms with Crippen molar-refractivity contribution in [2.24, 2.45) is 0 Å². The molecule has 1 atom stereocenters. The highest BCUT2D eigenvalue weighted by Crippen LogP contribution is 2.20. The van der Waals surface area contributed by atoms with Crippen LogP contribution in [0.1, 0.15) is 16.8 Å². The summed E-state index contributed by atoms with van der Waals surface area (Å²) in [5.74, 6) is -0.906. The van der Waals surface area contributed by atoms with Gasteiger partial charge < -0.3 is 15.5 Å². The minimum atomic E-state index is -1.06. The number of phenols is 1. The number of carboxylic acid groups (broad SMARTS) is 1. The zero-order valence-corrected chi connectivity index (χ0v) is 13.2. The van der Waals surface area contributed by atoms with Crippen LogP contribution in [0.4, 0.5) is 0 Å². The first-order valence-electron chi connectivity index (χ1n) is 5.46. The number of aromatic hydroxyl groups is 1. The quantitative estimate of drug-likeness (QED) is 0.641. The van der Waals surface area contributed by atoms with Crippen LogP contribution in [0.2, 0.25) is 0 Å². The maximum Gasteiger partial charge on any atom is 0.326 e. The molecule has 0 saturated carbocycles. The Hall–Kier alpha value is -0.960. The first-order valence-corrected chi connectivity index (χ1v) is 7.94. The van der Waals surface area contributed by atoms with Gasteiger partial charge in [0, 0.05) is 5.56 Å². The molecule has 0 radical (unpaired) electrons. The maximum atomic E-state index is 11.9. The van der Waals surface area contributed by atoms with Crippen LogP contribution in [0.15, 0.2) is 18.2 Å². The molecule has 19 heavy (non-hydrogen) atoms. The first kappa shape index (κ1) is 16.1. The molecule has 1 amide bonds. The molecule has 0 aliphatic carbocycles. The zero-order chi connectivity index (χ0) is 14.4. The van der Waals surface area contributed by atoms with Crippen molar-refractivity contribution in [2.75, 3.05) is 12.0 Å². The second-order valence-corrected chi connectivity index (χ2v) is 5.96. The lowest BCUT2D eigenvalue weighted by atomic mass is 10.1. The molecular formula is C12H14INO4S. The number of carboxylic acids is 1. The molecule has 7 heteroatoms. The van der Waals surface area contributed by atoms with Crippen LogP contribution in [-0.2, 0) is 4.79 Å². The number of thioether (sulfide) groups is 1. The third-order valence-electron chi connectivity index (χ3n) is 2.42. The molecule has 0 saturated heterocycles. The SMILES string of the molecule is CSCCC(NC(=O)c1ccc(I)c(O)c1)C(=O)O. The van der Waals surface area contributed by atoms with Gasteiger partial charge in [-0.3, -0.25) is 4.79 Å². The van der Waals surface area contributed by atoms with E-state index in [4.69, 9.17) is 5.11 Å². The number of hydrogen-bond acceptors (Lipinski definition) is 4. The van der Waals surface area contributed by atoms with E-state index in [-0.39, 0.29) is 11.3 Å². The van der Waals surface area contributed by atoms with Gasteiger partial charge in [-0.1, -0.05) is 0 Å². The third kappa shape index (κ3) is 4.90. The molecule has 0 aromatic heterocycles. The molecule has 104 valence electrons. The number of halogens is 1. The summed E-state index contributed by atoms with van der Waals surface area (Å²) >= 11 is 3.46. The third-order valence-corrected chi connectivity index (χ3v) is 3.98. The molecule has 0 aliphatic heterocycles. The summed E-state index contributed by atoms with van der Waals surface area (Å²) in [5, 5.41) is 21.0. The Morgan fingerprint density at radius 1 is 1.47 bits per heavy atom. The van der Waals surface area contributed by atoms with Gasteiger partial charge in [-0.2, -0.15) is 11.8 Å². The fraction of sp³-hybridized carbons (Fsp3) is 0.333. The summed E-state index contributed by atoms with van der Waals surface area (Å²) in [6, 6.07) is 3.55. The van der Waals surface area contributed by atoms with Crippen molar-refractivity contribution < 1.29 is 19.8 Å². The number of hydrogen-bond donors (Lipinski definition) is 3. The number of amides is 1. The normalized spacial score (nSPS) is 11.9. The van der Waals surface area contributed by atoms with E-state index in [1.165, 1.54) is 17.8 Å². The van der Waals surface area contributed by atoms with E-state index in [0.717, 1.165) is 0 Å². The summed E-state index contributed by atoms with van der Waals surface area (Å²) in [4.78, 5) is 22.9. The van der Waals surface area contributed by atoms with Crippen LogP contribution in [0.5, 0.6) is 5.75 Å². The lowest BCUT2D eigenvalue weighted by Crippen LogP contribution is -2.41. The number of aliphatic carboxylic acids is 1. The number of nitrogens with one attached hydrogen (secondary N) is 1. The van der Waals surface area contributed by atoms with E-state index >= 15 is 0 Å². The summed E-state index contributed by atoms with van der Waals surface area (Å²) < 4.78 is 0.631. The van der Waals surface area contributed by atoms with Crippen LogP contribution in [0, 0.1) is 3.57 Å². The van der Waals surface area contributed by atoms with E-state index in [9.17, 15) is 14.7 Å². The molecule has 5 nitrogen and oxygen atoms in total. The van der Waals surface area contributed by atoms with Gasteiger partial charge in [-0.25, -0.2) is 4.79 Å². The van der Waals surface area contributed by atoms with E-state index in [0.29, 0.717) is 15.7 Å². The molecule has 0 fully saturated rings. The van der Waals surface area contributed by atoms with E-state index in [2.05, 4.69) is 5.32 Å². The van der Waals surface area contributed by atoms with Crippen molar-refractivity contribution in [3.63, 3.8) is 0 Å². The number of phenolic OH excluding ortho intramolecular Hbond substituents is 1. The average molecular weight is 395 g/mol. The van der Waals surface area contributed by atoms with E-state index < -0.39 is 17.9 Å². The van der Waals surface area contributed by atoms with Crippen molar-refractivity contribution in [3.8, 4) is 5.75 Å². The summed E-state index contributed by atoms with van der Waals surface area (Å²) in [6.45, 7) is 0. The summed E-state index contributed by atoms with van der Waals surface area (Å²) in [6.07, 6.45) is 2.23. The van der Waals surface area contributed by atoms with Gasteiger partial charge in [0.05, 0.1) is 3.57 Å². The molecule has 1 rings (SSSR count). The van der Waals surface area contributed by atoms with Gasteiger partial charge in [0.1, 0.15) is 11.8 Å². The molecule has 0 heterocycles. The molecule has 3 N–H and O–H groups in total. The minimum Gasteiger partial charge on any atom is -0.507 e. The topological polar surface area (TPSA) is 86.6 Å². The smallest absolute Gasteiger partial charge is 0.326 e. The van der Waals surface area contributed by atoms with Crippen LogP contribution in [-0.4, -0.2) is 40.1 Å². The van der Waals surface area contributed by atoms with Gasteiger partial charge in [-0.15, -0.1) is 0 Å². The predicted octanol–water partition coefficient (Wildman–Crippen LogP) is 1.93. The second-order valence-electron chi connectivity index (χ2n) is 3.81. The molecule has 0 aliphatic rings. The Bertz CT molecular complexity index is 481. The Labute approximate surface area is 128 Å². The average Bonchev–Trinajstić information content (AvgIpc) is 2.37. The number of carbonyl (C=O) groups is 2. The van der Waals surface area contributed by atoms with Crippen LogP contribution < -0.4 is 5.32 Å². The predicted molar refractivity (Wildman–Crippen MR) is 82.7 cm³/mol. The Morgan fingerprint density at radius 3 is 2.68 bits per heavy atom. The molecule has 1 aromatic rings. The van der Waals surface area contributed by atoms with Crippen LogP contribution in [0.3, 0.4) is 0 Å². The van der Waals surface area contributed by atoms with Gasteiger partial charge in [0.15, 0.2) is 0 Å². The van der Waals surface area contributed by atoms with Crippen molar-refractivity contribution >= 4 is 46.2 Å². The van der Waals surface area contributed by atoms with Crippen LogP contribution in [0.25, 0.3) is 0 Å². The van der Waals surface area contributed by atoms with Crippen LogP contribution >= 0.6 is 34.4 Å². The standard InChI is InChI=1S/C12H14INO4S/c1-19-5-4-9(12(17)18)14-11(16)7-2-3-8(13)10(15)6-7/h2-3,6,9,15H,4-5H2,1H3,(H,14,16)(H,17,18). The highest BCUT2D eigenvalue weighted by molar-refractivity contribution is 14.1. The fourth-order valence-electron chi connectivity index (χ4n) is 1.39. The number of benzene rings is 1. The van der Waals surface area contributed by atoms with Crippen molar-refractivity contribution in [2.45, 2.75) is 12.5 Å². The van der Waals surface area contributed by atoms with Crippen molar-refractivity contribution in [1.82, 2.24) is 5.32 Å². The molecule has 1 unspecified atom stereocenters. The minimum absolute atomic E-state index is 0.00392. The monoisotopic (exact) mass is 395 g/mol. The van der Waals surface area contributed by atoms with E-state index in [1.54, 1.807) is 12.1 Å².